The third kappa shape index (κ3) is 5.39. The monoisotopic (exact) mass is 321 g/mol. The number of primary amides is 1. The first-order chi connectivity index (χ1) is 10.9. The summed E-state index contributed by atoms with van der Waals surface area (Å²) in [5.74, 6) is -4.49. The Bertz CT molecular complexity index is 543. The van der Waals surface area contributed by atoms with Crippen molar-refractivity contribution >= 4 is 17.8 Å². The van der Waals surface area contributed by atoms with Gasteiger partial charge in [0.05, 0.1) is 18.9 Å². The van der Waals surface area contributed by atoms with Crippen LogP contribution >= 0.6 is 0 Å². The van der Waals surface area contributed by atoms with Crippen LogP contribution in [-0.2, 0) is 25.5 Å². The number of methoxy groups -OCH3 is 1. The van der Waals surface area contributed by atoms with E-state index in [4.69, 9.17) is 10.5 Å². The predicted octanol–water partition coefficient (Wildman–Crippen LogP) is 1.62. The summed E-state index contributed by atoms with van der Waals surface area (Å²) in [5, 5.41) is 9.43. The van der Waals surface area contributed by atoms with Gasteiger partial charge in [-0.05, 0) is 17.9 Å². The molecule has 0 radical (unpaired) electrons. The molecule has 0 heterocycles. The Morgan fingerprint density at radius 2 is 1.78 bits per heavy atom. The molecule has 1 aromatic rings. The molecule has 3 N–H and O–H groups in total. The number of hydrogen-bond donors (Lipinski definition) is 2. The van der Waals surface area contributed by atoms with Gasteiger partial charge in [-0.1, -0.05) is 43.7 Å². The number of ether oxygens (including phenoxy) is 1. The quantitative estimate of drug-likeness (QED) is 0.672. The number of hydrogen-bond acceptors (Lipinski definition) is 4. The maximum Gasteiger partial charge on any atom is 0.309 e. The SMILES string of the molecule is CCC(C(CC(N)=O)C(=O)O)[C@H](Cc1ccccc1)C(=O)OC. The second kappa shape index (κ2) is 8.92. The number of carboxylic acids is 1. The number of rotatable bonds is 9. The van der Waals surface area contributed by atoms with E-state index in [1.807, 2.05) is 30.3 Å². The lowest BCUT2D eigenvalue weighted by Crippen LogP contribution is -2.37. The van der Waals surface area contributed by atoms with Gasteiger partial charge in [0.2, 0.25) is 5.91 Å². The summed E-state index contributed by atoms with van der Waals surface area (Å²) in [4.78, 5) is 34.9. The summed E-state index contributed by atoms with van der Waals surface area (Å²) in [6.07, 6.45) is 0.488. The molecule has 23 heavy (non-hydrogen) atoms. The first-order valence-electron chi connectivity index (χ1n) is 7.53. The molecule has 1 aromatic carbocycles. The molecule has 0 aliphatic heterocycles. The Kier molecular flexibility index (Phi) is 7.25. The van der Waals surface area contributed by atoms with Crippen LogP contribution in [0.4, 0.5) is 0 Å². The van der Waals surface area contributed by atoms with Crippen molar-refractivity contribution < 1.29 is 24.2 Å². The van der Waals surface area contributed by atoms with Gasteiger partial charge in [0.1, 0.15) is 0 Å². The highest BCUT2D eigenvalue weighted by molar-refractivity contribution is 5.82. The van der Waals surface area contributed by atoms with Crippen LogP contribution in [0.2, 0.25) is 0 Å². The van der Waals surface area contributed by atoms with E-state index in [2.05, 4.69) is 0 Å². The van der Waals surface area contributed by atoms with Gasteiger partial charge in [0, 0.05) is 6.42 Å². The maximum atomic E-state index is 12.2. The zero-order valence-corrected chi connectivity index (χ0v) is 13.4. The second-order valence-corrected chi connectivity index (χ2v) is 5.51. The second-order valence-electron chi connectivity index (χ2n) is 5.51. The lowest BCUT2D eigenvalue weighted by atomic mass is 9.75. The van der Waals surface area contributed by atoms with Crippen LogP contribution in [0.3, 0.4) is 0 Å². The zero-order chi connectivity index (χ0) is 17.4. The standard InChI is InChI=1S/C17H23NO5/c1-3-12(13(16(20)21)10-15(18)19)14(17(22)23-2)9-11-7-5-4-6-8-11/h4-8,12-14H,3,9-10H2,1-2H3,(H2,18,19)(H,20,21)/t12?,13?,14-/m0/s1. The minimum absolute atomic E-state index is 0.296. The molecule has 126 valence electrons. The van der Waals surface area contributed by atoms with Crippen molar-refractivity contribution in [2.75, 3.05) is 7.11 Å². The van der Waals surface area contributed by atoms with Crippen LogP contribution in [0.5, 0.6) is 0 Å². The van der Waals surface area contributed by atoms with Gasteiger partial charge in [-0.25, -0.2) is 0 Å². The van der Waals surface area contributed by atoms with Crippen LogP contribution in [0.15, 0.2) is 30.3 Å². The lowest BCUT2D eigenvalue weighted by molar-refractivity contribution is -0.153. The molecule has 0 aliphatic rings. The van der Waals surface area contributed by atoms with Crippen LogP contribution in [-0.4, -0.2) is 30.1 Å². The number of nitrogens with two attached hydrogens (primary N) is 1. The molecule has 1 amide bonds. The maximum absolute atomic E-state index is 12.2. The molecule has 6 nitrogen and oxygen atoms in total. The summed E-state index contributed by atoms with van der Waals surface area (Å²) in [6, 6.07) is 9.30. The van der Waals surface area contributed by atoms with Crippen molar-refractivity contribution in [1.82, 2.24) is 0 Å². The van der Waals surface area contributed by atoms with Crippen molar-refractivity contribution in [2.24, 2.45) is 23.5 Å². The third-order valence-electron chi connectivity index (χ3n) is 4.05. The van der Waals surface area contributed by atoms with Crippen LogP contribution in [0, 0.1) is 17.8 Å². The first kappa shape index (κ1) is 18.7. The number of aliphatic carboxylic acids is 1. The smallest absolute Gasteiger partial charge is 0.309 e. The van der Waals surface area contributed by atoms with Crippen molar-refractivity contribution in [1.29, 1.82) is 0 Å². The van der Waals surface area contributed by atoms with E-state index in [1.165, 1.54) is 7.11 Å². The lowest BCUT2D eigenvalue weighted by Gasteiger charge is -2.28. The number of esters is 1. The minimum Gasteiger partial charge on any atom is -0.481 e. The minimum atomic E-state index is -1.13. The molecule has 2 unspecified atom stereocenters. The van der Waals surface area contributed by atoms with Crippen molar-refractivity contribution in [3.8, 4) is 0 Å². The average Bonchev–Trinajstić information content (AvgIpc) is 2.53. The number of carbonyl (C=O) groups is 3. The number of amides is 1. The largest absolute Gasteiger partial charge is 0.481 e. The Balaban J connectivity index is 3.11. The van der Waals surface area contributed by atoms with Crippen molar-refractivity contribution in [3.05, 3.63) is 35.9 Å². The van der Waals surface area contributed by atoms with E-state index in [-0.39, 0.29) is 6.42 Å². The van der Waals surface area contributed by atoms with Gasteiger partial charge in [0.15, 0.2) is 0 Å². The number of benzene rings is 1. The van der Waals surface area contributed by atoms with Gasteiger partial charge in [-0.15, -0.1) is 0 Å². The van der Waals surface area contributed by atoms with Gasteiger partial charge in [0.25, 0.3) is 0 Å². The molecular weight excluding hydrogens is 298 g/mol. The molecule has 0 fully saturated rings. The number of carbonyl (C=O) groups excluding carboxylic acids is 2. The zero-order valence-electron chi connectivity index (χ0n) is 13.4. The molecular formula is C17H23NO5. The van der Waals surface area contributed by atoms with Crippen molar-refractivity contribution in [3.63, 3.8) is 0 Å². The van der Waals surface area contributed by atoms with Gasteiger partial charge in [-0.3, -0.25) is 14.4 Å². The topological polar surface area (TPSA) is 107 Å². The molecule has 0 bridgehead atoms. The van der Waals surface area contributed by atoms with E-state index < -0.39 is 35.6 Å². The highest BCUT2D eigenvalue weighted by Gasteiger charge is 2.38. The molecule has 6 heteroatoms. The van der Waals surface area contributed by atoms with Gasteiger partial charge >= 0.3 is 11.9 Å². The fourth-order valence-corrected chi connectivity index (χ4v) is 2.92. The van der Waals surface area contributed by atoms with Crippen LogP contribution < -0.4 is 5.73 Å². The summed E-state index contributed by atoms with van der Waals surface area (Å²) in [6.45, 7) is 1.79. The molecule has 3 atom stereocenters. The molecule has 0 saturated carbocycles. The fraction of sp³-hybridized carbons (Fsp3) is 0.471. The Morgan fingerprint density at radius 3 is 2.22 bits per heavy atom. The molecule has 0 aliphatic carbocycles. The van der Waals surface area contributed by atoms with Gasteiger partial charge in [-0.2, -0.15) is 0 Å². The van der Waals surface area contributed by atoms with Crippen molar-refractivity contribution in [2.45, 2.75) is 26.2 Å². The Labute approximate surface area is 135 Å². The highest BCUT2D eigenvalue weighted by Crippen LogP contribution is 2.31. The molecule has 1 rings (SSSR count). The van der Waals surface area contributed by atoms with E-state index >= 15 is 0 Å². The van der Waals surface area contributed by atoms with E-state index in [1.54, 1.807) is 6.92 Å². The third-order valence-corrected chi connectivity index (χ3v) is 4.05. The molecule has 0 saturated heterocycles. The highest BCUT2D eigenvalue weighted by atomic mass is 16.5. The first-order valence-corrected chi connectivity index (χ1v) is 7.53. The normalized spacial score (nSPS) is 14.5. The molecule has 0 aromatic heterocycles. The summed E-state index contributed by atoms with van der Waals surface area (Å²) >= 11 is 0. The fourth-order valence-electron chi connectivity index (χ4n) is 2.92. The Morgan fingerprint density at radius 1 is 1.17 bits per heavy atom. The summed E-state index contributed by atoms with van der Waals surface area (Å²) in [7, 11) is 1.27. The summed E-state index contributed by atoms with van der Waals surface area (Å²) in [5.41, 5.74) is 6.07. The van der Waals surface area contributed by atoms with Crippen LogP contribution in [0.25, 0.3) is 0 Å². The number of carboxylic acid groups (broad SMARTS) is 1. The van der Waals surface area contributed by atoms with Gasteiger partial charge < -0.3 is 15.6 Å². The van der Waals surface area contributed by atoms with E-state index in [0.717, 1.165) is 5.56 Å². The molecule has 0 spiro atoms. The predicted molar refractivity (Wildman–Crippen MR) is 84.4 cm³/mol. The van der Waals surface area contributed by atoms with E-state index in [0.29, 0.717) is 12.8 Å². The summed E-state index contributed by atoms with van der Waals surface area (Å²) < 4.78 is 4.85. The Hall–Kier alpha value is -2.37. The van der Waals surface area contributed by atoms with E-state index in [9.17, 15) is 19.5 Å². The average molecular weight is 321 g/mol. The van der Waals surface area contributed by atoms with Crippen LogP contribution in [0.1, 0.15) is 25.3 Å².